The number of carbonyl (C=O) groups excluding carboxylic acids is 1. The predicted molar refractivity (Wildman–Crippen MR) is 86.7 cm³/mol. The number of nitrogens with zero attached hydrogens (tertiary/aromatic N) is 1. The summed E-state index contributed by atoms with van der Waals surface area (Å²) < 4.78 is 22.9. The molecule has 0 spiro atoms. The van der Waals surface area contributed by atoms with E-state index in [1.54, 1.807) is 6.92 Å². The van der Waals surface area contributed by atoms with Gasteiger partial charge in [0.2, 0.25) is 10.0 Å². The summed E-state index contributed by atoms with van der Waals surface area (Å²) in [6.07, 6.45) is 0.831. The number of aryl methyl sites for hydroxylation is 1. The molecule has 0 radical (unpaired) electrons. The molecular formula is C16H17N3O4S. The molecule has 0 saturated heterocycles. The van der Waals surface area contributed by atoms with Crippen molar-refractivity contribution in [2.75, 3.05) is 0 Å². The second-order valence-electron chi connectivity index (χ2n) is 5.77. The van der Waals surface area contributed by atoms with Crippen molar-refractivity contribution in [1.82, 2.24) is 10.3 Å². The Morgan fingerprint density at radius 2 is 2.08 bits per heavy atom. The Bertz CT molecular complexity index is 911. The minimum atomic E-state index is -3.95. The first-order valence-corrected chi connectivity index (χ1v) is 8.88. The van der Waals surface area contributed by atoms with Gasteiger partial charge in [-0.05, 0) is 24.1 Å². The number of nitrogens with two attached hydrogens (primary N) is 1. The Hall–Kier alpha value is -2.29. The fourth-order valence-corrected chi connectivity index (χ4v) is 3.35. The third kappa shape index (κ3) is 3.03. The summed E-state index contributed by atoms with van der Waals surface area (Å²) in [6.45, 7) is 1.60. The van der Waals surface area contributed by atoms with Crippen LogP contribution in [-0.2, 0) is 16.4 Å². The van der Waals surface area contributed by atoms with E-state index in [2.05, 4.69) is 10.3 Å². The zero-order valence-corrected chi connectivity index (χ0v) is 13.7. The number of amides is 1. The van der Waals surface area contributed by atoms with Gasteiger partial charge in [-0.3, -0.25) is 9.78 Å². The van der Waals surface area contributed by atoms with Gasteiger partial charge in [-0.1, -0.05) is 24.3 Å². The lowest BCUT2D eigenvalue weighted by Gasteiger charge is -2.18. The molecular weight excluding hydrogens is 330 g/mol. The molecule has 0 saturated carbocycles. The number of aliphatic hydroxyl groups is 1. The van der Waals surface area contributed by atoms with Crippen LogP contribution < -0.4 is 10.5 Å². The van der Waals surface area contributed by atoms with Crippen LogP contribution in [0.3, 0.4) is 0 Å². The van der Waals surface area contributed by atoms with Crippen LogP contribution in [0, 0.1) is 6.92 Å². The summed E-state index contributed by atoms with van der Waals surface area (Å²) in [7, 11) is -3.95. The zero-order chi connectivity index (χ0) is 17.5. The van der Waals surface area contributed by atoms with Gasteiger partial charge in [0.05, 0.1) is 23.4 Å². The van der Waals surface area contributed by atoms with Gasteiger partial charge < -0.3 is 10.4 Å². The fraction of sp³-hybridized carbons (Fsp3) is 0.250. The van der Waals surface area contributed by atoms with Gasteiger partial charge in [0.15, 0.2) is 0 Å². The van der Waals surface area contributed by atoms with E-state index in [1.165, 1.54) is 6.07 Å². The molecule has 1 aliphatic rings. The Morgan fingerprint density at radius 3 is 2.79 bits per heavy atom. The smallest absolute Gasteiger partial charge is 0.253 e. The highest BCUT2D eigenvalue weighted by Gasteiger charge is 2.32. The van der Waals surface area contributed by atoms with E-state index in [1.807, 2.05) is 24.3 Å². The third-order valence-corrected chi connectivity index (χ3v) is 5.01. The van der Waals surface area contributed by atoms with Crippen molar-refractivity contribution in [3.05, 3.63) is 58.9 Å². The molecule has 126 valence electrons. The van der Waals surface area contributed by atoms with Gasteiger partial charge in [0.25, 0.3) is 5.91 Å². The van der Waals surface area contributed by atoms with E-state index in [4.69, 9.17) is 5.14 Å². The van der Waals surface area contributed by atoms with Crippen LogP contribution in [-0.4, -0.2) is 30.5 Å². The van der Waals surface area contributed by atoms with Gasteiger partial charge in [-0.15, -0.1) is 0 Å². The number of hydrogen-bond donors (Lipinski definition) is 3. The number of nitrogens with one attached hydrogen (secondary N) is 1. The van der Waals surface area contributed by atoms with E-state index in [0.717, 1.165) is 17.3 Å². The largest absolute Gasteiger partial charge is 0.390 e. The first kappa shape index (κ1) is 16.6. The monoisotopic (exact) mass is 347 g/mol. The number of sulfonamides is 1. The molecule has 1 aliphatic carbocycles. The molecule has 8 heteroatoms. The quantitative estimate of drug-likeness (QED) is 0.743. The van der Waals surface area contributed by atoms with E-state index in [-0.39, 0.29) is 10.5 Å². The van der Waals surface area contributed by atoms with Crippen molar-refractivity contribution in [2.24, 2.45) is 5.14 Å². The number of carbonyl (C=O) groups is 1. The van der Waals surface area contributed by atoms with Crippen LogP contribution in [0.5, 0.6) is 0 Å². The van der Waals surface area contributed by atoms with E-state index in [9.17, 15) is 18.3 Å². The van der Waals surface area contributed by atoms with Crippen molar-refractivity contribution in [3.8, 4) is 0 Å². The first-order chi connectivity index (χ1) is 11.3. The zero-order valence-electron chi connectivity index (χ0n) is 12.9. The Labute approximate surface area is 139 Å². The molecule has 0 fully saturated rings. The maximum Gasteiger partial charge on any atom is 0.253 e. The van der Waals surface area contributed by atoms with Crippen LogP contribution in [0.15, 0.2) is 41.4 Å². The lowest BCUT2D eigenvalue weighted by molar-refractivity contribution is 0.0857. The Morgan fingerprint density at radius 1 is 1.38 bits per heavy atom. The molecule has 0 aliphatic heterocycles. The maximum absolute atomic E-state index is 12.6. The molecule has 1 aromatic heterocycles. The molecule has 0 unspecified atom stereocenters. The third-order valence-electron chi connectivity index (χ3n) is 4.13. The van der Waals surface area contributed by atoms with Gasteiger partial charge in [0, 0.05) is 12.6 Å². The van der Waals surface area contributed by atoms with E-state index >= 15 is 0 Å². The maximum atomic E-state index is 12.6. The number of pyridine rings is 1. The Balaban J connectivity index is 1.91. The standard InChI is InChI=1S/C16H17N3O4S/c1-9-13(7-11(8-18-9)24(17,22)23)16(21)19-15-12-5-3-2-4-10(12)6-14(15)20/h2-5,7-8,14-15,20H,6H2,1H3,(H,19,21)(H2,17,22,23)/t14-,15+/m1/s1. The number of aliphatic hydroxyl groups excluding tert-OH is 1. The second kappa shape index (κ2) is 5.97. The average Bonchev–Trinajstić information content (AvgIpc) is 2.82. The second-order valence-corrected chi connectivity index (χ2v) is 7.33. The van der Waals surface area contributed by atoms with Crippen molar-refractivity contribution in [3.63, 3.8) is 0 Å². The lowest BCUT2D eigenvalue weighted by atomic mass is 10.1. The molecule has 7 nitrogen and oxygen atoms in total. The molecule has 3 rings (SSSR count). The van der Waals surface area contributed by atoms with Crippen molar-refractivity contribution < 1.29 is 18.3 Å². The molecule has 0 bridgehead atoms. The number of benzene rings is 1. The Kier molecular flexibility index (Phi) is 4.12. The number of aromatic nitrogens is 1. The van der Waals surface area contributed by atoms with Crippen LogP contribution in [0.25, 0.3) is 0 Å². The van der Waals surface area contributed by atoms with Gasteiger partial charge in [-0.2, -0.15) is 0 Å². The van der Waals surface area contributed by atoms with Gasteiger partial charge >= 0.3 is 0 Å². The highest BCUT2D eigenvalue weighted by molar-refractivity contribution is 7.89. The van der Waals surface area contributed by atoms with Crippen LogP contribution in [0.2, 0.25) is 0 Å². The van der Waals surface area contributed by atoms with Gasteiger partial charge in [-0.25, -0.2) is 13.6 Å². The molecule has 2 atom stereocenters. The summed E-state index contributed by atoms with van der Waals surface area (Å²) in [5.74, 6) is -0.508. The molecule has 1 heterocycles. The summed E-state index contributed by atoms with van der Waals surface area (Å²) in [6, 6.07) is 8.11. The highest BCUT2D eigenvalue weighted by atomic mass is 32.2. The summed E-state index contributed by atoms with van der Waals surface area (Å²) in [5.41, 5.74) is 2.31. The normalized spacial score (nSPS) is 19.8. The molecule has 4 N–H and O–H groups in total. The number of fused-ring (bicyclic) bond motifs is 1. The topological polar surface area (TPSA) is 122 Å². The van der Waals surface area contributed by atoms with Crippen molar-refractivity contribution in [2.45, 2.75) is 30.4 Å². The fourth-order valence-electron chi connectivity index (χ4n) is 2.87. The lowest BCUT2D eigenvalue weighted by Crippen LogP contribution is -2.34. The van der Waals surface area contributed by atoms with E-state index < -0.39 is 28.1 Å². The van der Waals surface area contributed by atoms with E-state index in [0.29, 0.717) is 12.1 Å². The predicted octanol–water partition coefficient (Wildman–Crippen LogP) is 0.426. The van der Waals surface area contributed by atoms with Crippen molar-refractivity contribution in [1.29, 1.82) is 0 Å². The van der Waals surface area contributed by atoms with Crippen LogP contribution in [0.1, 0.15) is 33.2 Å². The molecule has 24 heavy (non-hydrogen) atoms. The minimum absolute atomic E-state index is 0.109. The number of hydrogen-bond acceptors (Lipinski definition) is 5. The summed E-state index contributed by atoms with van der Waals surface area (Å²) >= 11 is 0. The molecule has 1 aromatic carbocycles. The van der Waals surface area contributed by atoms with Crippen LogP contribution >= 0.6 is 0 Å². The SMILES string of the molecule is Cc1ncc(S(N)(=O)=O)cc1C(=O)N[C@H]1c2ccccc2C[C@H]1O. The van der Waals surface area contributed by atoms with Crippen molar-refractivity contribution >= 4 is 15.9 Å². The summed E-state index contributed by atoms with van der Waals surface area (Å²) in [5, 5.41) is 18.1. The summed E-state index contributed by atoms with van der Waals surface area (Å²) in [4.78, 5) is 16.2. The molecule has 2 aromatic rings. The van der Waals surface area contributed by atoms with Gasteiger partial charge in [0.1, 0.15) is 4.90 Å². The number of primary sulfonamides is 1. The molecule has 1 amide bonds. The first-order valence-electron chi connectivity index (χ1n) is 7.33. The average molecular weight is 347 g/mol. The van der Waals surface area contributed by atoms with Crippen LogP contribution in [0.4, 0.5) is 0 Å². The number of rotatable bonds is 3. The minimum Gasteiger partial charge on any atom is -0.390 e. The highest BCUT2D eigenvalue weighted by Crippen LogP contribution is 2.31.